The number of hydrogen-bond acceptors (Lipinski definition) is 6. The number of methoxy groups -OCH3 is 1. The van der Waals surface area contributed by atoms with Gasteiger partial charge < -0.3 is 19.5 Å². The van der Waals surface area contributed by atoms with Crippen molar-refractivity contribution in [3.8, 4) is 11.5 Å². The molecule has 1 N–H and O–H groups in total. The van der Waals surface area contributed by atoms with Crippen molar-refractivity contribution in [2.75, 3.05) is 13.7 Å². The first-order chi connectivity index (χ1) is 20.2. The largest absolute Gasteiger partial charge is 0.493 e. The number of ether oxygens (including phenoxy) is 2. The second-order valence-corrected chi connectivity index (χ2v) is 14.8. The van der Waals surface area contributed by atoms with Gasteiger partial charge in [-0.3, -0.25) is 14.4 Å². The summed E-state index contributed by atoms with van der Waals surface area (Å²) in [4.78, 5) is 41.8. The minimum atomic E-state index is -0.908. The number of carboxylic acid groups (broad SMARTS) is 1. The van der Waals surface area contributed by atoms with Crippen LogP contribution >= 0.6 is 22.6 Å². The van der Waals surface area contributed by atoms with E-state index in [2.05, 4.69) is 50.3 Å². The van der Waals surface area contributed by atoms with Crippen LogP contribution < -0.4 is 9.47 Å². The van der Waals surface area contributed by atoms with E-state index in [-0.39, 0.29) is 35.4 Å². The summed E-state index contributed by atoms with van der Waals surface area (Å²) in [6.07, 6.45) is 1.90. The van der Waals surface area contributed by atoms with E-state index < -0.39 is 11.9 Å². The number of carbonyl (C=O) groups excluding carboxylic acids is 2. The standard InChI is InChI=1S/C35H40INO6/c1-20-7-9-21(10-8-20)19-43-33-23(36)13-22(14-28(33)42-6)30-31-24(15-34(2,3)17-26(31)38)37(12-11-29(40)41)25-16-35(4,5)18-27(39)32(25)30/h7-10,13-14,30H,11-12,15-19H2,1-6H3,(H,40,41). The number of aryl methyl sites for hydroxylation is 1. The van der Waals surface area contributed by atoms with E-state index >= 15 is 0 Å². The average Bonchev–Trinajstić information content (AvgIpc) is 2.90. The maximum Gasteiger partial charge on any atom is 0.305 e. The SMILES string of the molecule is COc1cc(C2C3=C(CC(C)(C)CC3=O)N(CCC(=O)O)C3=C2C(=O)CC(C)(C)C3)cc(I)c1OCc1ccc(C)cc1. The van der Waals surface area contributed by atoms with Crippen molar-refractivity contribution in [3.63, 3.8) is 0 Å². The molecular weight excluding hydrogens is 657 g/mol. The molecule has 0 saturated carbocycles. The molecule has 5 rings (SSSR count). The van der Waals surface area contributed by atoms with Crippen molar-refractivity contribution < 1.29 is 29.0 Å². The molecule has 0 spiro atoms. The number of Topliss-reactive ketones (excluding diaryl/α,β-unsaturated/α-hetero) is 2. The van der Waals surface area contributed by atoms with Gasteiger partial charge in [0, 0.05) is 47.8 Å². The van der Waals surface area contributed by atoms with Crippen LogP contribution in [0.5, 0.6) is 11.5 Å². The maximum absolute atomic E-state index is 14.0. The summed E-state index contributed by atoms with van der Waals surface area (Å²) in [5, 5.41) is 9.60. The molecule has 0 amide bonds. The molecule has 0 fully saturated rings. The summed E-state index contributed by atoms with van der Waals surface area (Å²) in [6.45, 7) is 10.9. The molecular formula is C35H40INO6. The lowest BCUT2D eigenvalue weighted by Crippen LogP contribution is -2.45. The molecule has 1 aliphatic heterocycles. The van der Waals surface area contributed by atoms with E-state index in [4.69, 9.17) is 9.47 Å². The Morgan fingerprint density at radius 1 is 0.953 bits per heavy atom. The summed E-state index contributed by atoms with van der Waals surface area (Å²) in [5.74, 6) is -0.286. The van der Waals surface area contributed by atoms with Crippen molar-refractivity contribution >= 4 is 40.1 Å². The molecule has 0 bridgehead atoms. The van der Waals surface area contributed by atoms with Crippen LogP contribution in [-0.4, -0.2) is 41.2 Å². The van der Waals surface area contributed by atoms with Gasteiger partial charge in [-0.25, -0.2) is 0 Å². The first kappa shape index (κ1) is 31.3. The van der Waals surface area contributed by atoms with E-state index in [1.807, 2.05) is 48.2 Å². The molecule has 0 radical (unpaired) electrons. The Balaban J connectivity index is 1.65. The van der Waals surface area contributed by atoms with Crippen molar-refractivity contribution in [2.45, 2.75) is 79.2 Å². The number of carbonyl (C=O) groups is 3. The highest BCUT2D eigenvalue weighted by molar-refractivity contribution is 14.1. The van der Waals surface area contributed by atoms with Gasteiger partial charge in [0.25, 0.3) is 0 Å². The van der Waals surface area contributed by atoms with Gasteiger partial charge in [0.15, 0.2) is 23.1 Å². The van der Waals surface area contributed by atoms with E-state index in [0.29, 0.717) is 54.9 Å². The van der Waals surface area contributed by atoms with Crippen LogP contribution in [0, 0.1) is 21.3 Å². The number of ketones is 2. The van der Waals surface area contributed by atoms with Gasteiger partial charge in [-0.1, -0.05) is 57.5 Å². The molecule has 1 heterocycles. The van der Waals surface area contributed by atoms with Gasteiger partial charge in [-0.05, 0) is 76.4 Å². The highest BCUT2D eigenvalue weighted by Gasteiger charge is 2.49. The van der Waals surface area contributed by atoms with Crippen LogP contribution in [0.25, 0.3) is 0 Å². The highest BCUT2D eigenvalue weighted by atomic mass is 127. The van der Waals surface area contributed by atoms with Gasteiger partial charge in [0.2, 0.25) is 0 Å². The Kier molecular flexibility index (Phi) is 8.55. The van der Waals surface area contributed by atoms with Crippen LogP contribution in [0.3, 0.4) is 0 Å². The van der Waals surface area contributed by atoms with Gasteiger partial charge in [0.1, 0.15) is 6.61 Å². The summed E-state index contributed by atoms with van der Waals surface area (Å²) in [5.41, 5.74) is 5.39. The molecule has 7 nitrogen and oxygen atoms in total. The Labute approximate surface area is 267 Å². The third-order valence-corrected chi connectivity index (χ3v) is 9.46. The third-order valence-electron chi connectivity index (χ3n) is 8.66. The van der Waals surface area contributed by atoms with Crippen molar-refractivity contribution in [1.82, 2.24) is 4.90 Å². The molecule has 3 aliphatic rings. The van der Waals surface area contributed by atoms with E-state index in [0.717, 1.165) is 26.1 Å². The zero-order chi connectivity index (χ0) is 31.3. The monoisotopic (exact) mass is 697 g/mol. The van der Waals surface area contributed by atoms with Crippen LogP contribution in [0.15, 0.2) is 58.9 Å². The summed E-state index contributed by atoms with van der Waals surface area (Å²) in [7, 11) is 1.60. The van der Waals surface area contributed by atoms with Crippen molar-refractivity contribution in [1.29, 1.82) is 0 Å². The number of halogens is 1. The molecule has 0 saturated heterocycles. The summed E-state index contributed by atoms with van der Waals surface area (Å²) in [6, 6.07) is 12.1. The molecule has 2 aliphatic carbocycles. The first-order valence-corrected chi connectivity index (χ1v) is 15.8. The lowest BCUT2D eigenvalue weighted by Gasteiger charge is -2.49. The lowest BCUT2D eigenvalue weighted by molar-refractivity contribution is -0.137. The van der Waals surface area contributed by atoms with Crippen LogP contribution in [-0.2, 0) is 21.0 Å². The van der Waals surface area contributed by atoms with Gasteiger partial charge in [-0.15, -0.1) is 0 Å². The first-order valence-electron chi connectivity index (χ1n) is 14.8. The number of nitrogens with zero attached hydrogens (tertiary/aromatic N) is 1. The van der Waals surface area contributed by atoms with Crippen molar-refractivity contribution in [3.05, 3.63) is 79.2 Å². The molecule has 0 unspecified atom stereocenters. The van der Waals surface area contributed by atoms with Crippen LogP contribution in [0.4, 0.5) is 0 Å². The van der Waals surface area contributed by atoms with Gasteiger partial charge in [-0.2, -0.15) is 0 Å². The quantitative estimate of drug-likeness (QED) is 0.289. The predicted molar refractivity (Wildman–Crippen MR) is 173 cm³/mol. The molecule has 0 aromatic heterocycles. The Bertz CT molecular complexity index is 1490. The van der Waals surface area contributed by atoms with Gasteiger partial charge in [0.05, 0.1) is 17.1 Å². The Morgan fingerprint density at radius 2 is 1.51 bits per heavy atom. The average molecular weight is 698 g/mol. The molecule has 228 valence electrons. The van der Waals surface area contributed by atoms with E-state index in [1.54, 1.807) is 7.11 Å². The number of carboxylic acids is 1. The summed E-state index contributed by atoms with van der Waals surface area (Å²) < 4.78 is 12.9. The third kappa shape index (κ3) is 6.40. The second-order valence-electron chi connectivity index (χ2n) is 13.6. The number of hydrogen-bond donors (Lipinski definition) is 1. The van der Waals surface area contributed by atoms with Crippen LogP contribution in [0.2, 0.25) is 0 Å². The smallest absolute Gasteiger partial charge is 0.305 e. The fraction of sp³-hybridized carbons (Fsp3) is 0.457. The lowest BCUT2D eigenvalue weighted by atomic mass is 9.63. The van der Waals surface area contributed by atoms with Gasteiger partial charge >= 0.3 is 5.97 Å². The maximum atomic E-state index is 14.0. The number of benzene rings is 2. The molecule has 43 heavy (non-hydrogen) atoms. The number of aliphatic carboxylic acids is 1. The highest BCUT2D eigenvalue weighted by Crippen LogP contribution is 2.55. The molecule has 8 heteroatoms. The zero-order valence-corrected chi connectivity index (χ0v) is 28.0. The predicted octanol–water partition coefficient (Wildman–Crippen LogP) is 7.35. The molecule has 2 aromatic rings. The second kappa shape index (κ2) is 11.7. The van der Waals surface area contributed by atoms with E-state index in [1.165, 1.54) is 5.56 Å². The topological polar surface area (TPSA) is 93.1 Å². The fourth-order valence-electron chi connectivity index (χ4n) is 6.74. The normalized spacial score (nSPS) is 19.7. The molecule has 2 aromatic carbocycles. The Hall–Kier alpha value is -3.14. The Morgan fingerprint density at radius 3 is 2.02 bits per heavy atom. The minimum Gasteiger partial charge on any atom is -0.493 e. The number of rotatable bonds is 8. The number of allylic oxidation sites excluding steroid dienone is 4. The zero-order valence-electron chi connectivity index (χ0n) is 25.8. The van der Waals surface area contributed by atoms with Crippen LogP contribution in [0.1, 0.15) is 82.4 Å². The fourth-order valence-corrected chi connectivity index (χ4v) is 7.53. The summed E-state index contributed by atoms with van der Waals surface area (Å²) >= 11 is 2.24. The van der Waals surface area contributed by atoms with Crippen molar-refractivity contribution in [2.24, 2.45) is 10.8 Å². The minimum absolute atomic E-state index is 0.00873. The molecule has 0 atom stereocenters. The van der Waals surface area contributed by atoms with E-state index in [9.17, 15) is 19.5 Å².